The Morgan fingerprint density at radius 1 is 1.12 bits per heavy atom. The molecule has 5 heteroatoms. The van der Waals surface area contributed by atoms with Crippen LogP contribution in [0.1, 0.15) is 12.0 Å². The van der Waals surface area contributed by atoms with Crippen LogP contribution in [0.25, 0.3) is 17.1 Å². The van der Waals surface area contributed by atoms with E-state index in [4.69, 9.17) is 0 Å². The lowest BCUT2D eigenvalue weighted by Gasteiger charge is -2.03. The fourth-order valence-corrected chi connectivity index (χ4v) is 2.34. The first-order valence-electron chi connectivity index (χ1n) is 7.76. The standard InChI is InChI=1S/C19H18N4O/c24-19(22-21-13-6-9-16-7-2-1-3-8-16)12-14-23-15-20-17-10-4-5-11-18(17)23/h1-11,13,15H,12,14H2,(H,22,24)/b9-6+,21-13-. The van der Waals surface area contributed by atoms with Crippen molar-refractivity contribution in [3.05, 3.63) is 72.6 Å². The van der Waals surface area contributed by atoms with E-state index in [1.165, 1.54) is 0 Å². The van der Waals surface area contributed by atoms with Gasteiger partial charge >= 0.3 is 0 Å². The maximum atomic E-state index is 11.8. The zero-order valence-electron chi connectivity index (χ0n) is 13.2. The number of rotatable bonds is 6. The molecule has 0 aliphatic heterocycles. The lowest BCUT2D eigenvalue weighted by Crippen LogP contribution is -2.18. The molecule has 0 saturated heterocycles. The van der Waals surface area contributed by atoms with Gasteiger partial charge in [0.1, 0.15) is 0 Å². The van der Waals surface area contributed by atoms with Crippen molar-refractivity contribution in [1.29, 1.82) is 0 Å². The van der Waals surface area contributed by atoms with Gasteiger partial charge in [-0.05, 0) is 23.8 Å². The van der Waals surface area contributed by atoms with Gasteiger partial charge in [-0.1, -0.05) is 48.5 Å². The van der Waals surface area contributed by atoms with Crippen LogP contribution < -0.4 is 5.43 Å². The predicted molar refractivity (Wildman–Crippen MR) is 96.5 cm³/mol. The lowest BCUT2D eigenvalue weighted by molar-refractivity contribution is -0.121. The molecule has 0 aliphatic carbocycles. The third-order valence-corrected chi connectivity index (χ3v) is 3.55. The molecule has 0 spiro atoms. The first kappa shape index (κ1) is 15.7. The average Bonchev–Trinajstić information content (AvgIpc) is 3.04. The summed E-state index contributed by atoms with van der Waals surface area (Å²) in [5.74, 6) is -0.128. The number of nitrogens with zero attached hydrogens (tertiary/aromatic N) is 3. The maximum absolute atomic E-state index is 11.8. The molecule has 3 rings (SSSR count). The number of fused-ring (bicyclic) bond motifs is 1. The molecule has 0 radical (unpaired) electrons. The number of aryl methyl sites for hydroxylation is 1. The summed E-state index contributed by atoms with van der Waals surface area (Å²) in [6.07, 6.45) is 7.38. The summed E-state index contributed by atoms with van der Waals surface area (Å²) in [7, 11) is 0. The first-order valence-corrected chi connectivity index (χ1v) is 7.76. The Morgan fingerprint density at radius 2 is 1.92 bits per heavy atom. The highest BCUT2D eigenvalue weighted by molar-refractivity contribution is 5.81. The summed E-state index contributed by atoms with van der Waals surface area (Å²) in [5.41, 5.74) is 5.57. The van der Waals surface area contributed by atoms with Gasteiger partial charge in [-0.15, -0.1) is 0 Å². The summed E-state index contributed by atoms with van der Waals surface area (Å²) >= 11 is 0. The SMILES string of the molecule is O=C(CCn1cnc2ccccc21)N/N=C\C=C\c1ccccc1. The Morgan fingerprint density at radius 3 is 2.79 bits per heavy atom. The molecule has 0 unspecified atom stereocenters. The zero-order valence-corrected chi connectivity index (χ0v) is 13.2. The summed E-state index contributed by atoms with van der Waals surface area (Å²) in [4.78, 5) is 16.1. The summed E-state index contributed by atoms with van der Waals surface area (Å²) in [5, 5.41) is 3.91. The molecule has 2 aromatic carbocycles. The van der Waals surface area contributed by atoms with Crippen LogP contribution in [-0.2, 0) is 11.3 Å². The number of hydrogen-bond acceptors (Lipinski definition) is 3. The van der Waals surface area contributed by atoms with E-state index in [9.17, 15) is 4.79 Å². The molecule has 1 amide bonds. The van der Waals surface area contributed by atoms with E-state index in [0.29, 0.717) is 13.0 Å². The molecule has 0 fully saturated rings. The van der Waals surface area contributed by atoms with Gasteiger partial charge in [0.2, 0.25) is 5.91 Å². The van der Waals surface area contributed by atoms with E-state index in [-0.39, 0.29) is 5.91 Å². The third kappa shape index (κ3) is 4.16. The molecular formula is C19H18N4O. The van der Waals surface area contributed by atoms with Gasteiger partial charge in [0.05, 0.1) is 17.4 Å². The van der Waals surface area contributed by atoms with Gasteiger partial charge in [-0.3, -0.25) is 4.79 Å². The third-order valence-electron chi connectivity index (χ3n) is 3.55. The zero-order chi connectivity index (χ0) is 16.6. The van der Waals surface area contributed by atoms with Crippen molar-refractivity contribution in [3.8, 4) is 0 Å². The molecule has 0 aliphatic rings. The number of carbonyl (C=O) groups is 1. The highest BCUT2D eigenvalue weighted by Gasteiger charge is 2.04. The summed E-state index contributed by atoms with van der Waals surface area (Å²) < 4.78 is 1.97. The van der Waals surface area contributed by atoms with Crippen molar-refractivity contribution < 1.29 is 4.79 Å². The number of amides is 1. The molecule has 0 saturated carbocycles. The van der Waals surface area contributed by atoms with Crippen molar-refractivity contribution in [2.24, 2.45) is 5.10 Å². The van der Waals surface area contributed by atoms with E-state index in [2.05, 4.69) is 15.5 Å². The Labute approximate surface area is 140 Å². The number of imidazole rings is 1. The second kappa shape index (κ2) is 7.87. The van der Waals surface area contributed by atoms with Crippen molar-refractivity contribution >= 4 is 29.2 Å². The van der Waals surface area contributed by atoms with Crippen LogP contribution in [0, 0.1) is 0 Å². The van der Waals surface area contributed by atoms with Crippen LogP contribution in [0.5, 0.6) is 0 Å². The van der Waals surface area contributed by atoms with Gasteiger partial charge in [0.25, 0.3) is 0 Å². The molecule has 3 aromatic rings. The molecule has 120 valence electrons. The Hall–Kier alpha value is -3.21. The van der Waals surface area contributed by atoms with Crippen LogP contribution in [0.3, 0.4) is 0 Å². The fourth-order valence-electron chi connectivity index (χ4n) is 2.34. The highest BCUT2D eigenvalue weighted by Crippen LogP contribution is 2.11. The minimum atomic E-state index is -0.128. The first-order chi connectivity index (χ1) is 11.8. The maximum Gasteiger partial charge on any atom is 0.241 e. The monoisotopic (exact) mass is 318 g/mol. The molecule has 0 atom stereocenters. The van der Waals surface area contributed by atoms with Gasteiger partial charge in [0, 0.05) is 19.2 Å². The van der Waals surface area contributed by atoms with E-state index in [0.717, 1.165) is 16.6 Å². The summed E-state index contributed by atoms with van der Waals surface area (Å²) in [6.45, 7) is 0.571. The lowest BCUT2D eigenvalue weighted by atomic mass is 10.2. The number of allylic oxidation sites excluding steroid dienone is 1. The smallest absolute Gasteiger partial charge is 0.241 e. The normalized spacial score (nSPS) is 11.5. The number of hydrazone groups is 1. The Bertz CT molecular complexity index is 865. The van der Waals surface area contributed by atoms with Gasteiger partial charge in [-0.25, -0.2) is 10.4 Å². The number of para-hydroxylation sites is 2. The second-order valence-electron chi connectivity index (χ2n) is 5.26. The van der Waals surface area contributed by atoms with Gasteiger partial charge in [-0.2, -0.15) is 5.10 Å². The van der Waals surface area contributed by atoms with Gasteiger partial charge < -0.3 is 4.57 Å². The van der Waals surface area contributed by atoms with Crippen molar-refractivity contribution in [2.75, 3.05) is 0 Å². The fraction of sp³-hybridized carbons (Fsp3) is 0.105. The van der Waals surface area contributed by atoms with Crippen LogP contribution in [0.2, 0.25) is 0 Å². The summed E-state index contributed by atoms with van der Waals surface area (Å²) in [6, 6.07) is 17.8. The van der Waals surface area contributed by atoms with Crippen LogP contribution in [-0.4, -0.2) is 21.7 Å². The molecule has 1 heterocycles. The van der Waals surface area contributed by atoms with E-state index in [1.807, 2.05) is 65.2 Å². The number of aromatic nitrogens is 2. The molecule has 24 heavy (non-hydrogen) atoms. The number of hydrogen-bond donors (Lipinski definition) is 1. The molecular weight excluding hydrogens is 300 g/mol. The van der Waals surface area contributed by atoms with Gasteiger partial charge in [0.15, 0.2) is 0 Å². The van der Waals surface area contributed by atoms with Crippen LogP contribution in [0.4, 0.5) is 0 Å². The number of benzene rings is 2. The Balaban J connectivity index is 1.46. The molecule has 1 aromatic heterocycles. The minimum absolute atomic E-state index is 0.128. The van der Waals surface area contributed by atoms with Crippen LogP contribution >= 0.6 is 0 Å². The minimum Gasteiger partial charge on any atom is -0.330 e. The number of carbonyl (C=O) groups excluding carboxylic acids is 1. The van der Waals surface area contributed by atoms with Crippen molar-refractivity contribution in [2.45, 2.75) is 13.0 Å². The second-order valence-corrected chi connectivity index (χ2v) is 5.26. The largest absolute Gasteiger partial charge is 0.330 e. The number of nitrogens with one attached hydrogen (secondary N) is 1. The quantitative estimate of drug-likeness (QED) is 0.560. The predicted octanol–water partition coefficient (Wildman–Crippen LogP) is 3.24. The topological polar surface area (TPSA) is 59.3 Å². The molecule has 0 bridgehead atoms. The van der Waals surface area contributed by atoms with E-state index >= 15 is 0 Å². The van der Waals surface area contributed by atoms with E-state index < -0.39 is 0 Å². The molecule has 1 N–H and O–H groups in total. The highest BCUT2D eigenvalue weighted by atomic mass is 16.2. The van der Waals surface area contributed by atoms with E-state index in [1.54, 1.807) is 18.6 Å². The van der Waals surface area contributed by atoms with Crippen LogP contribution in [0.15, 0.2) is 72.1 Å². The van der Waals surface area contributed by atoms with Crippen molar-refractivity contribution in [3.63, 3.8) is 0 Å². The molecule has 5 nitrogen and oxygen atoms in total. The average molecular weight is 318 g/mol. The van der Waals surface area contributed by atoms with Crippen molar-refractivity contribution in [1.82, 2.24) is 15.0 Å². The Kier molecular flexibility index (Phi) is 5.14.